The van der Waals surface area contributed by atoms with Crippen molar-refractivity contribution in [3.63, 3.8) is 0 Å². The van der Waals surface area contributed by atoms with E-state index in [0.717, 1.165) is 11.3 Å². The lowest BCUT2D eigenvalue weighted by Crippen LogP contribution is -2.24. The zero-order chi connectivity index (χ0) is 24.9. The predicted molar refractivity (Wildman–Crippen MR) is 140 cm³/mol. The van der Waals surface area contributed by atoms with Crippen LogP contribution in [0.1, 0.15) is 66.5 Å². The van der Waals surface area contributed by atoms with Gasteiger partial charge in [0.15, 0.2) is 5.65 Å². The second-order valence-corrected chi connectivity index (χ2v) is 9.84. The zero-order valence-corrected chi connectivity index (χ0v) is 21.5. The number of amides is 1. The van der Waals surface area contributed by atoms with Gasteiger partial charge in [0.25, 0.3) is 5.91 Å². The number of carbonyl (C=O) groups excluding carboxylic acids is 1. The third-order valence-electron chi connectivity index (χ3n) is 6.71. The maximum Gasteiger partial charge on any atom is 0.263 e. The van der Waals surface area contributed by atoms with Crippen LogP contribution in [0, 0.1) is 18.3 Å². The molecule has 1 amide bonds. The number of fused-ring (bicyclic) bond motifs is 1. The maximum atomic E-state index is 12.4. The minimum absolute atomic E-state index is 0.223. The summed E-state index contributed by atoms with van der Waals surface area (Å²) in [6.07, 6.45) is 18.8. The van der Waals surface area contributed by atoms with Gasteiger partial charge < -0.3 is 0 Å². The number of hydrogen-bond acceptors (Lipinski definition) is 4. The highest BCUT2D eigenvalue weighted by Crippen LogP contribution is 2.44. The molecular weight excluding hydrogens is 422 g/mol. The van der Waals surface area contributed by atoms with Crippen LogP contribution in [-0.4, -0.2) is 25.5 Å². The van der Waals surface area contributed by atoms with Crippen LogP contribution in [0.25, 0.3) is 11.2 Å². The average Bonchev–Trinajstić information content (AvgIpc) is 3.17. The summed E-state index contributed by atoms with van der Waals surface area (Å²) in [5.41, 5.74) is 10.0. The van der Waals surface area contributed by atoms with Crippen molar-refractivity contribution in [3.8, 4) is 0 Å². The fourth-order valence-electron chi connectivity index (χ4n) is 4.57. The van der Waals surface area contributed by atoms with Crippen molar-refractivity contribution >= 4 is 17.1 Å². The Morgan fingerprint density at radius 2 is 1.94 bits per heavy atom. The van der Waals surface area contributed by atoms with Crippen molar-refractivity contribution < 1.29 is 4.79 Å². The topological polar surface area (TPSA) is 72.7 Å². The smallest absolute Gasteiger partial charge is 0.263 e. The first-order chi connectivity index (χ1) is 16.1. The van der Waals surface area contributed by atoms with Gasteiger partial charge in [-0.2, -0.15) is 0 Å². The molecule has 1 aliphatic rings. The number of aryl methyl sites for hydroxylation is 1. The van der Waals surface area contributed by atoms with Gasteiger partial charge in [0.1, 0.15) is 18.2 Å². The SMILES string of the molecule is CCC1CCC(C)(C)C(/C=C/C(C)=C/C=C/C(C)=C/C(=O)Nn2cnc3c(C)ncnc32)=C1C. The minimum Gasteiger partial charge on any atom is -0.268 e. The molecule has 2 aromatic heterocycles. The molecule has 0 fully saturated rings. The predicted octanol–water partition coefficient (Wildman–Crippen LogP) is 6.37. The van der Waals surface area contributed by atoms with E-state index in [1.807, 2.05) is 26.0 Å². The Labute approximate surface area is 203 Å². The van der Waals surface area contributed by atoms with Crippen molar-refractivity contribution in [1.29, 1.82) is 0 Å². The fraction of sp³-hybridized carbons (Fsp3) is 0.429. The highest BCUT2D eigenvalue weighted by molar-refractivity contribution is 5.95. The molecule has 34 heavy (non-hydrogen) atoms. The summed E-state index contributed by atoms with van der Waals surface area (Å²) in [6.45, 7) is 15.1. The van der Waals surface area contributed by atoms with Crippen LogP contribution >= 0.6 is 0 Å². The Morgan fingerprint density at radius 3 is 2.68 bits per heavy atom. The summed E-state index contributed by atoms with van der Waals surface area (Å²) in [5, 5.41) is 0. The summed E-state index contributed by atoms with van der Waals surface area (Å²) in [4.78, 5) is 25.0. The van der Waals surface area contributed by atoms with Crippen LogP contribution in [0.4, 0.5) is 0 Å². The van der Waals surface area contributed by atoms with Crippen LogP contribution in [0.5, 0.6) is 0 Å². The first kappa shape index (κ1) is 25.3. The van der Waals surface area contributed by atoms with Gasteiger partial charge in [-0.1, -0.05) is 62.3 Å². The number of carbonyl (C=O) groups is 1. The van der Waals surface area contributed by atoms with E-state index in [-0.39, 0.29) is 11.3 Å². The summed E-state index contributed by atoms with van der Waals surface area (Å²) in [5.74, 6) is 0.457. The van der Waals surface area contributed by atoms with Crippen LogP contribution in [0.2, 0.25) is 0 Å². The van der Waals surface area contributed by atoms with E-state index in [1.165, 1.54) is 53.3 Å². The van der Waals surface area contributed by atoms with E-state index in [2.05, 4.69) is 73.2 Å². The molecule has 0 aliphatic heterocycles. The number of hydrogen-bond donors (Lipinski definition) is 1. The highest BCUT2D eigenvalue weighted by atomic mass is 16.2. The molecule has 180 valence electrons. The van der Waals surface area contributed by atoms with Gasteiger partial charge in [-0.3, -0.25) is 10.2 Å². The molecule has 0 bridgehead atoms. The largest absolute Gasteiger partial charge is 0.268 e. The number of rotatable bonds is 7. The third kappa shape index (κ3) is 5.99. The molecule has 6 heteroatoms. The van der Waals surface area contributed by atoms with Crippen molar-refractivity contribution in [1.82, 2.24) is 19.6 Å². The molecule has 2 aromatic rings. The van der Waals surface area contributed by atoms with E-state index in [4.69, 9.17) is 0 Å². The molecule has 0 spiro atoms. The summed E-state index contributed by atoms with van der Waals surface area (Å²) >= 11 is 0. The third-order valence-corrected chi connectivity index (χ3v) is 6.71. The van der Waals surface area contributed by atoms with Gasteiger partial charge in [-0.25, -0.2) is 19.6 Å². The fourth-order valence-corrected chi connectivity index (χ4v) is 4.57. The molecule has 0 radical (unpaired) electrons. The molecule has 0 aromatic carbocycles. The first-order valence-corrected chi connectivity index (χ1v) is 12.0. The lowest BCUT2D eigenvalue weighted by molar-refractivity contribution is -0.112. The van der Waals surface area contributed by atoms with E-state index < -0.39 is 0 Å². The van der Waals surface area contributed by atoms with Crippen LogP contribution in [0.15, 0.2) is 71.4 Å². The van der Waals surface area contributed by atoms with Crippen LogP contribution < -0.4 is 5.43 Å². The van der Waals surface area contributed by atoms with Crippen molar-refractivity contribution in [2.45, 2.75) is 67.7 Å². The molecule has 1 atom stereocenters. The van der Waals surface area contributed by atoms with Gasteiger partial charge in [0.2, 0.25) is 0 Å². The van der Waals surface area contributed by atoms with Gasteiger partial charge >= 0.3 is 0 Å². The van der Waals surface area contributed by atoms with Crippen molar-refractivity contribution in [3.05, 3.63) is 77.1 Å². The molecule has 2 heterocycles. The number of imidazole rings is 1. The number of aromatic nitrogens is 4. The Kier molecular flexibility index (Phi) is 8.02. The van der Waals surface area contributed by atoms with Crippen molar-refractivity contribution in [2.24, 2.45) is 11.3 Å². The van der Waals surface area contributed by atoms with Crippen LogP contribution in [-0.2, 0) is 4.79 Å². The summed E-state index contributed by atoms with van der Waals surface area (Å²) in [6, 6.07) is 0. The lowest BCUT2D eigenvalue weighted by Gasteiger charge is -2.37. The summed E-state index contributed by atoms with van der Waals surface area (Å²) < 4.78 is 1.52. The number of nitrogens with zero attached hydrogens (tertiary/aromatic N) is 4. The normalized spacial score (nSPS) is 19.6. The zero-order valence-electron chi connectivity index (χ0n) is 21.5. The van der Waals surface area contributed by atoms with E-state index in [1.54, 1.807) is 6.08 Å². The Hall–Kier alpha value is -3.28. The standard InChI is InChI=1S/C28H37N5O/c1-8-23-14-15-28(6,7)24(21(23)4)13-12-19(2)10-9-11-20(3)16-25(34)32-33-18-31-26-22(5)29-17-30-27(26)33/h9-13,16-18,23H,8,14-15H2,1-7H3,(H,32,34)/b11-9+,13-12+,19-10+,20-16+. The number of nitrogens with one attached hydrogen (secondary N) is 1. The van der Waals surface area contributed by atoms with E-state index in [0.29, 0.717) is 17.1 Å². The van der Waals surface area contributed by atoms with Gasteiger partial charge in [-0.15, -0.1) is 0 Å². The molecule has 6 nitrogen and oxygen atoms in total. The van der Waals surface area contributed by atoms with Gasteiger partial charge in [0.05, 0.1) is 5.69 Å². The minimum atomic E-state index is -0.245. The van der Waals surface area contributed by atoms with Gasteiger partial charge in [-0.05, 0) is 69.4 Å². The van der Waals surface area contributed by atoms with Gasteiger partial charge in [0, 0.05) is 6.08 Å². The maximum absolute atomic E-state index is 12.4. The monoisotopic (exact) mass is 459 g/mol. The molecule has 0 saturated heterocycles. The molecule has 1 N–H and O–H groups in total. The van der Waals surface area contributed by atoms with Crippen molar-refractivity contribution in [2.75, 3.05) is 5.43 Å². The number of allylic oxidation sites excluding steroid dienone is 9. The quantitative estimate of drug-likeness (QED) is 0.385. The summed E-state index contributed by atoms with van der Waals surface area (Å²) in [7, 11) is 0. The lowest BCUT2D eigenvalue weighted by atomic mass is 9.68. The molecule has 3 rings (SSSR count). The Morgan fingerprint density at radius 1 is 1.18 bits per heavy atom. The Balaban J connectivity index is 1.64. The van der Waals surface area contributed by atoms with E-state index in [9.17, 15) is 4.79 Å². The molecule has 0 saturated carbocycles. The highest BCUT2D eigenvalue weighted by Gasteiger charge is 2.30. The Bertz CT molecular complexity index is 1210. The molecule has 1 unspecified atom stereocenters. The van der Waals surface area contributed by atoms with E-state index >= 15 is 0 Å². The molecular formula is C28H37N5O. The second kappa shape index (κ2) is 10.8. The molecule has 1 aliphatic carbocycles. The first-order valence-electron chi connectivity index (χ1n) is 12.0. The second-order valence-electron chi connectivity index (χ2n) is 9.84. The van der Waals surface area contributed by atoms with Crippen LogP contribution in [0.3, 0.4) is 0 Å². The average molecular weight is 460 g/mol.